The second-order valence-corrected chi connectivity index (χ2v) is 3.79. The third-order valence-electron chi connectivity index (χ3n) is 1.33. The van der Waals surface area contributed by atoms with Crippen LogP contribution in [0.15, 0.2) is 12.2 Å². The van der Waals surface area contributed by atoms with Crippen molar-refractivity contribution in [3.63, 3.8) is 0 Å². The fourth-order valence-corrected chi connectivity index (χ4v) is 2.09. The van der Waals surface area contributed by atoms with Crippen molar-refractivity contribution in [2.75, 3.05) is 12.3 Å². The van der Waals surface area contributed by atoms with E-state index in [-0.39, 0.29) is 0 Å². The molecule has 0 aromatic rings. The maximum absolute atomic E-state index is 3.87. The highest BCUT2D eigenvalue weighted by Crippen LogP contribution is 2.19. The molecule has 1 fully saturated rings. The van der Waals surface area contributed by atoms with Crippen LogP contribution in [0.25, 0.3) is 0 Å². The summed E-state index contributed by atoms with van der Waals surface area (Å²) in [7, 11) is 0. The molecule has 0 aromatic carbocycles. The zero-order valence-corrected chi connectivity index (χ0v) is 6.63. The van der Waals surface area contributed by atoms with Crippen LogP contribution in [-0.4, -0.2) is 17.7 Å². The minimum absolute atomic E-state index is 0.655. The Balaban J connectivity index is 2.19. The van der Waals surface area contributed by atoms with Gasteiger partial charge in [-0.2, -0.15) is 0 Å². The van der Waals surface area contributed by atoms with Crippen molar-refractivity contribution < 1.29 is 0 Å². The van der Waals surface area contributed by atoms with Gasteiger partial charge in [0.25, 0.3) is 0 Å². The van der Waals surface area contributed by atoms with Gasteiger partial charge in [-0.05, 0) is 13.3 Å². The topological polar surface area (TPSA) is 12.0 Å². The van der Waals surface area contributed by atoms with E-state index in [2.05, 4.69) is 18.8 Å². The summed E-state index contributed by atoms with van der Waals surface area (Å²) in [6.45, 7) is 7.12. The molecular formula is C7H13NS. The summed E-state index contributed by atoms with van der Waals surface area (Å²) in [6, 6.07) is 0. The van der Waals surface area contributed by atoms with Crippen LogP contribution in [0.1, 0.15) is 13.3 Å². The lowest BCUT2D eigenvalue weighted by molar-refractivity contribution is 0.704. The van der Waals surface area contributed by atoms with E-state index in [4.69, 9.17) is 0 Å². The lowest BCUT2D eigenvalue weighted by Crippen LogP contribution is -2.19. The van der Waals surface area contributed by atoms with Crippen molar-refractivity contribution in [1.29, 1.82) is 0 Å². The largest absolute Gasteiger partial charge is 0.304 e. The third kappa shape index (κ3) is 2.41. The zero-order valence-electron chi connectivity index (χ0n) is 5.81. The van der Waals surface area contributed by atoms with Crippen LogP contribution < -0.4 is 5.32 Å². The average molecular weight is 143 g/mol. The van der Waals surface area contributed by atoms with Crippen LogP contribution in [0.5, 0.6) is 0 Å². The Morgan fingerprint density at radius 3 is 3.11 bits per heavy atom. The number of hydrogen-bond acceptors (Lipinski definition) is 2. The van der Waals surface area contributed by atoms with E-state index in [0.29, 0.717) is 5.37 Å². The molecule has 1 saturated heterocycles. The Morgan fingerprint density at radius 1 is 1.89 bits per heavy atom. The maximum Gasteiger partial charge on any atom is 0.0570 e. The van der Waals surface area contributed by atoms with Crippen LogP contribution in [-0.2, 0) is 0 Å². The molecule has 0 amide bonds. The van der Waals surface area contributed by atoms with E-state index < -0.39 is 0 Å². The minimum atomic E-state index is 0.655. The number of nitrogens with one attached hydrogen (secondary N) is 1. The Labute approximate surface area is 60.9 Å². The molecule has 1 aliphatic heterocycles. The van der Waals surface area contributed by atoms with E-state index in [0.717, 1.165) is 6.42 Å². The van der Waals surface area contributed by atoms with Crippen molar-refractivity contribution in [3.8, 4) is 0 Å². The van der Waals surface area contributed by atoms with E-state index in [1.165, 1.54) is 17.9 Å². The highest BCUT2D eigenvalue weighted by molar-refractivity contribution is 8.00. The standard InChI is InChI=1S/C7H13NS/c1-6(2)5-7-8-3-4-9-7/h7-8H,1,3-5H2,2H3. The van der Waals surface area contributed by atoms with Crippen molar-refractivity contribution in [2.24, 2.45) is 0 Å². The number of thioether (sulfide) groups is 1. The monoisotopic (exact) mass is 143 g/mol. The van der Waals surface area contributed by atoms with E-state index in [9.17, 15) is 0 Å². The Kier molecular flexibility index (Phi) is 2.61. The van der Waals surface area contributed by atoms with Gasteiger partial charge in [0.1, 0.15) is 0 Å². The first-order valence-corrected chi connectivity index (χ1v) is 4.33. The summed E-state index contributed by atoms with van der Waals surface area (Å²) in [6.07, 6.45) is 1.13. The lowest BCUT2D eigenvalue weighted by Gasteiger charge is -2.06. The van der Waals surface area contributed by atoms with Crippen molar-refractivity contribution in [3.05, 3.63) is 12.2 Å². The first kappa shape index (κ1) is 7.16. The summed E-state index contributed by atoms with van der Waals surface area (Å²) in [5.74, 6) is 1.26. The molecule has 0 bridgehead atoms. The fourth-order valence-electron chi connectivity index (χ4n) is 0.928. The molecule has 1 unspecified atom stereocenters. The van der Waals surface area contributed by atoms with Crippen molar-refractivity contribution in [1.82, 2.24) is 5.32 Å². The van der Waals surface area contributed by atoms with E-state index >= 15 is 0 Å². The zero-order chi connectivity index (χ0) is 6.69. The molecule has 52 valence electrons. The van der Waals surface area contributed by atoms with Crippen LogP contribution in [0.4, 0.5) is 0 Å². The van der Waals surface area contributed by atoms with Gasteiger partial charge in [-0.25, -0.2) is 0 Å². The quantitative estimate of drug-likeness (QED) is 0.589. The Morgan fingerprint density at radius 2 is 2.67 bits per heavy atom. The molecule has 1 nitrogen and oxygen atoms in total. The fraction of sp³-hybridized carbons (Fsp3) is 0.714. The van der Waals surface area contributed by atoms with Gasteiger partial charge in [0.15, 0.2) is 0 Å². The summed E-state index contributed by atoms with van der Waals surface area (Å²) in [5, 5.41) is 4.05. The van der Waals surface area contributed by atoms with E-state index in [1.807, 2.05) is 11.8 Å². The van der Waals surface area contributed by atoms with Crippen LogP contribution in [0, 0.1) is 0 Å². The van der Waals surface area contributed by atoms with Gasteiger partial charge >= 0.3 is 0 Å². The van der Waals surface area contributed by atoms with Crippen LogP contribution >= 0.6 is 11.8 Å². The molecule has 0 aliphatic carbocycles. The summed E-state index contributed by atoms with van der Waals surface area (Å²) < 4.78 is 0. The molecular weight excluding hydrogens is 130 g/mol. The normalized spacial score (nSPS) is 26.6. The van der Waals surface area contributed by atoms with Gasteiger partial charge < -0.3 is 5.32 Å². The molecule has 0 aromatic heterocycles. The SMILES string of the molecule is C=C(C)CC1NCCS1. The molecule has 2 heteroatoms. The second-order valence-electron chi connectivity index (χ2n) is 2.47. The second kappa shape index (κ2) is 3.28. The maximum atomic E-state index is 3.87. The first-order chi connectivity index (χ1) is 4.29. The molecule has 9 heavy (non-hydrogen) atoms. The molecule has 0 saturated carbocycles. The number of hydrogen-bond donors (Lipinski definition) is 1. The minimum Gasteiger partial charge on any atom is -0.304 e. The van der Waals surface area contributed by atoms with Crippen LogP contribution in [0.2, 0.25) is 0 Å². The summed E-state index contributed by atoms with van der Waals surface area (Å²) in [5.41, 5.74) is 1.28. The molecule has 1 N–H and O–H groups in total. The molecule has 0 spiro atoms. The first-order valence-electron chi connectivity index (χ1n) is 3.28. The van der Waals surface area contributed by atoms with Gasteiger partial charge in [-0.15, -0.1) is 18.3 Å². The predicted molar refractivity (Wildman–Crippen MR) is 43.7 cm³/mol. The van der Waals surface area contributed by atoms with Gasteiger partial charge in [0, 0.05) is 12.3 Å². The van der Waals surface area contributed by atoms with Gasteiger partial charge in [0.05, 0.1) is 5.37 Å². The molecule has 1 aliphatic rings. The highest BCUT2D eigenvalue weighted by Gasteiger charge is 2.13. The molecule has 1 heterocycles. The highest BCUT2D eigenvalue weighted by atomic mass is 32.2. The smallest absolute Gasteiger partial charge is 0.0570 e. The number of rotatable bonds is 2. The third-order valence-corrected chi connectivity index (χ3v) is 2.50. The summed E-state index contributed by atoms with van der Waals surface area (Å²) >= 11 is 2.00. The van der Waals surface area contributed by atoms with E-state index in [1.54, 1.807) is 0 Å². The molecule has 1 rings (SSSR count). The average Bonchev–Trinajstić information content (AvgIpc) is 2.15. The van der Waals surface area contributed by atoms with Crippen molar-refractivity contribution in [2.45, 2.75) is 18.7 Å². The van der Waals surface area contributed by atoms with Crippen molar-refractivity contribution >= 4 is 11.8 Å². The molecule has 1 atom stereocenters. The van der Waals surface area contributed by atoms with Gasteiger partial charge in [0.2, 0.25) is 0 Å². The van der Waals surface area contributed by atoms with Gasteiger partial charge in [-0.1, -0.05) is 5.57 Å². The van der Waals surface area contributed by atoms with Gasteiger partial charge in [-0.3, -0.25) is 0 Å². The Hall–Kier alpha value is 0.0500. The summed E-state index contributed by atoms with van der Waals surface area (Å²) in [4.78, 5) is 0. The predicted octanol–water partition coefficient (Wildman–Crippen LogP) is 1.62. The lowest BCUT2D eigenvalue weighted by atomic mass is 10.2. The Bertz CT molecular complexity index is 105. The van der Waals surface area contributed by atoms with Crippen LogP contribution in [0.3, 0.4) is 0 Å². The molecule has 0 radical (unpaired) electrons.